The molecule has 2 fully saturated rings. The predicted octanol–water partition coefficient (Wildman–Crippen LogP) is 4.76. The quantitative estimate of drug-likeness (QED) is 0.311. The van der Waals surface area contributed by atoms with E-state index in [1.807, 2.05) is 11.8 Å². The number of amides is 2. The van der Waals surface area contributed by atoms with Gasteiger partial charge in [-0.25, -0.2) is 19.9 Å². The molecule has 7 rings (SSSR count). The zero-order valence-corrected chi connectivity index (χ0v) is 26.8. The van der Waals surface area contributed by atoms with E-state index in [1.54, 1.807) is 23.3 Å². The molecule has 3 aliphatic rings. The molecule has 0 bridgehead atoms. The molecule has 3 aromatic heterocycles. The maximum atomic E-state index is 14.3. The third-order valence-corrected chi connectivity index (χ3v) is 9.90. The monoisotopic (exact) mass is 682 g/mol. The SMILES string of the molecule is Cc1cnc2c(n1)c(=O)c(N1CCN(C(=O)c3ncnc(C)c3O)[C@H]3CC[C@@H]31)c1n2[C@@H](C(=O)Nc2ccc(C(F)(F)F)cc2Cl)C[C@H]1C. The summed E-state index contributed by atoms with van der Waals surface area (Å²) in [5.41, 5.74) is 0.766. The molecular formula is C32H30ClF3N8O4. The normalized spacial score (nSPS) is 21.9. The zero-order chi connectivity index (χ0) is 34.2. The Bertz CT molecular complexity index is 2070. The van der Waals surface area contributed by atoms with Gasteiger partial charge < -0.3 is 24.8 Å². The van der Waals surface area contributed by atoms with E-state index in [1.165, 1.54) is 12.5 Å². The fourth-order valence-corrected chi connectivity index (χ4v) is 7.36. The number of pyridine rings is 1. The summed E-state index contributed by atoms with van der Waals surface area (Å²) in [6, 6.07) is 1.37. The summed E-state index contributed by atoms with van der Waals surface area (Å²) in [7, 11) is 0. The minimum Gasteiger partial charge on any atom is -0.504 e. The van der Waals surface area contributed by atoms with Gasteiger partial charge in [0.25, 0.3) is 5.91 Å². The molecule has 1 aliphatic carbocycles. The lowest BCUT2D eigenvalue weighted by atomic mass is 9.81. The van der Waals surface area contributed by atoms with Crippen LogP contribution in [0.15, 0.2) is 35.5 Å². The molecule has 0 spiro atoms. The van der Waals surface area contributed by atoms with Crippen LogP contribution >= 0.6 is 11.6 Å². The first kappa shape index (κ1) is 31.8. The van der Waals surface area contributed by atoms with E-state index in [0.717, 1.165) is 18.2 Å². The molecule has 1 aromatic carbocycles. The van der Waals surface area contributed by atoms with Gasteiger partial charge in [0.15, 0.2) is 22.6 Å². The van der Waals surface area contributed by atoms with Crippen molar-refractivity contribution in [2.24, 2.45) is 0 Å². The second-order valence-electron chi connectivity index (χ2n) is 12.5. The Hall–Kier alpha value is -4.79. The smallest absolute Gasteiger partial charge is 0.416 e. The topological polar surface area (TPSA) is 146 Å². The van der Waals surface area contributed by atoms with Gasteiger partial charge in [-0.15, -0.1) is 0 Å². The molecule has 1 saturated carbocycles. The highest BCUT2D eigenvalue weighted by molar-refractivity contribution is 6.33. The van der Waals surface area contributed by atoms with Crippen LogP contribution in [-0.4, -0.2) is 71.5 Å². The van der Waals surface area contributed by atoms with Crippen molar-refractivity contribution < 1.29 is 27.9 Å². The molecule has 2 amide bonds. The molecule has 250 valence electrons. The molecule has 4 atom stereocenters. The van der Waals surface area contributed by atoms with Gasteiger partial charge in [-0.2, -0.15) is 13.2 Å². The maximum absolute atomic E-state index is 14.3. The van der Waals surface area contributed by atoms with Crippen molar-refractivity contribution in [3.8, 4) is 5.75 Å². The van der Waals surface area contributed by atoms with Gasteiger partial charge in [0, 0.05) is 25.0 Å². The summed E-state index contributed by atoms with van der Waals surface area (Å²) < 4.78 is 41.4. The van der Waals surface area contributed by atoms with Crippen LogP contribution in [0.25, 0.3) is 11.2 Å². The molecule has 2 N–H and O–H groups in total. The number of piperazine rings is 1. The summed E-state index contributed by atoms with van der Waals surface area (Å²) in [5.74, 6) is -1.51. The van der Waals surface area contributed by atoms with Crippen molar-refractivity contribution in [2.75, 3.05) is 23.3 Å². The molecule has 16 heteroatoms. The van der Waals surface area contributed by atoms with Crippen LogP contribution in [0.2, 0.25) is 5.02 Å². The van der Waals surface area contributed by atoms with Gasteiger partial charge in [-0.05, 0) is 51.3 Å². The number of nitrogens with one attached hydrogen (secondary N) is 1. The first-order chi connectivity index (χ1) is 22.8. The number of alkyl halides is 3. The lowest BCUT2D eigenvalue weighted by Gasteiger charge is -2.54. The van der Waals surface area contributed by atoms with Gasteiger partial charge in [0.1, 0.15) is 18.1 Å². The lowest BCUT2D eigenvalue weighted by Crippen LogP contribution is -2.67. The van der Waals surface area contributed by atoms with E-state index >= 15 is 0 Å². The minimum absolute atomic E-state index is 0.0197. The molecule has 5 heterocycles. The fourth-order valence-electron chi connectivity index (χ4n) is 7.13. The lowest BCUT2D eigenvalue weighted by molar-refractivity contribution is -0.137. The fraction of sp³-hybridized carbons (Fsp3) is 0.406. The van der Waals surface area contributed by atoms with Crippen LogP contribution in [0.4, 0.5) is 24.5 Å². The molecule has 0 radical (unpaired) electrons. The van der Waals surface area contributed by atoms with E-state index in [-0.39, 0.29) is 69.7 Å². The van der Waals surface area contributed by atoms with Crippen molar-refractivity contribution in [1.82, 2.24) is 29.4 Å². The molecular weight excluding hydrogens is 653 g/mol. The first-order valence-corrected chi connectivity index (χ1v) is 15.8. The van der Waals surface area contributed by atoms with Crippen molar-refractivity contribution in [2.45, 2.75) is 70.3 Å². The van der Waals surface area contributed by atoms with Crippen LogP contribution in [0, 0.1) is 13.8 Å². The van der Waals surface area contributed by atoms with Gasteiger partial charge in [0.2, 0.25) is 11.3 Å². The molecule has 12 nitrogen and oxygen atoms in total. The van der Waals surface area contributed by atoms with E-state index < -0.39 is 29.6 Å². The highest BCUT2D eigenvalue weighted by Gasteiger charge is 2.48. The van der Waals surface area contributed by atoms with Gasteiger partial charge in [-0.1, -0.05) is 18.5 Å². The van der Waals surface area contributed by atoms with E-state index in [2.05, 4.69) is 25.3 Å². The Morgan fingerprint density at radius 3 is 2.52 bits per heavy atom. The summed E-state index contributed by atoms with van der Waals surface area (Å²) >= 11 is 6.16. The third-order valence-electron chi connectivity index (χ3n) is 9.59. The predicted molar refractivity (Wildman–Crippen MR) is 169 cm³/mol. The second kappa shape index (κ2) is 11.4. The van der Waals surface area contributed by atoms with Crippen molar-refractivity contribution in [1.29, 1.82) is 0 Å². The number of hydrogen-bond acceptors (Lipinski definition) is 9. The highest BCUT2D eigenvalue weighted by Crippen LogP contribution is 2.46. The number of carbonyl (C=O) groups excluding carboxylic acids is 2. The van der Waals surface area contributed by atoms with Crippen molar-refractivity contribution in [3.05, 3.63) is 74.3 Å². The number of aromatic hydroxyl groups is 1. The number of hydrogen-bond donors (Lipinski definition) is 2. The Kier molecular flexibility index (Phi) is 7.57. The first-order valence-electron chi connectivity index (χ1n) is 15.4. The summed E-state index contributed by atoms with van der Waals surface area (Å²) in [5, 5.41) is 12.9. The van der Waals surface area contributed by atoms with E-state index in [9.17, 15) is 32.7 Å². The third kappa shape index (κ3) is 5.02. The van der Waals surface area contributed by atoms with Gasteiger partial charge >= 0.3 is 6.18 Å². The van der Waals surface area contributed by atoms with Crippen LogP contribution in [0.1, 0.15) is 71.3 Å². The van der Waals surface area contributed by atoms with Crippen LogP contribution in [0.3, 0.4) is 0 Å². The average Bonchev–Trinajstić information content (AvgIpc) is 3.36. The van der Waals surface area contributed by atoms with Crippen molar-refractivity contribution >= 4 is 46.0 Å². The number of nitrogens with zero attached hydrogens (tertiary/aromatic N) is 7. The molecule has 2 aliphatic heterocycles. The van der Waals surface area contributed by atoms with E-state index in [0.29, 0.717) is 42.2 Å². The Morgan fingerprint density at radius 2 is 1.83 bits per heavy atom. The Balaban J connectivity index is 1.27. The minimum atomic E-state index is -4.60. The Labute approximate surface area is 276 Å². The highest BCUT2D eigenvalue weighted by atomic mass is 35.5. The number of aryl methyl sites for hydroxylation is 2. The zero-order valence-electron chi connectivity index (χ0n) is 26.0. The maximum Gasteiger partial charge on any atom is 0.416 e. The number of rotatable bonds is 4. The second-order valence-corrected chi connectivity index (χ2v) is 12.9. The van der Waals surface area contributed by atoms with Crippen LogP contribution < -0.4 is 15.6 Å². The number of carbonyl (C=O) groups is 2. The number of aromatic nitrogens is 5. The van der Waals surface area contributed by atoms with Crippen LogP contribution in [-0.2, 0) is 11.0 Å². The number of halogens is 4. The van der Waals surface area contributed by atoms with Gasteiger partial charge in [-0.3, -0.25) is 14.4 Å². The largest absolute Gasteiger partial charge is 0.504 e. The number of fused-ring (bicyclic) bond motifs is 4. The van der Waals surface area contributed by atoms with Crippen LogP contribution in [0.5, 0.6) is 5.75 Å². The average molecular weight is 683 g/mol. The van der Waals surface area contributed by atoms with Crippen molar-refractivity contribution in [3.63, 3.8) is 0 Å². The summed E-state index contributed by atoms with van der Waals surface area (Å²) in [6.07, 6.45) is -0.190. The van der Waals surface area contributed by atoms with E-state index in [4.69, 9.17) is 11.6 Å². The summed E-state index contributed by atoms with van der Waals surface area (Å²) in [4.78, 5) is 62.4. The Morgan fingerprint density at radius 1 is 1.08 bits per heavy atom. The molecule has 1 saturated heterocycles. The molecule has 48 heavy (non-hydrogen) atoms. The number of anilines is 2. The summed E-state index contributed by atoms with van der Waals surface area (Å²) in [6.45, 7) is 5.75. The molecule has 0 unspecified atom stereocenters. The van der Waals surface area contributed by atoms with Gasteiger partial charge in [0.05, 0.1) is 45.6 Å². The standard InChI is InChI=1S/C32H30ClF3N8O4/c1-14-10-22(30(47)41-19-5-4-17(11-18(19)33)32(34,35)36)44-25(14)26(28(46)23-29(44)37-12-15(2)40-23)42-8-9-43(21-7-6-20(21)42)31(48)24-27(45)16(3)38-13-39-24/h4-5,11-14,20-22,45H,6-10H2,1-3H3,(H,41,47)/t14-,20+,21+,22-/m1/s1. The molecule has 4 aromatic rings. The number of benzene rings is 1.